The molecule has 1 N–H and O–H groups in total. The van der Waals surface area contributed by atoms with Gasteiger partial charge in [-0.1, -0.05) is 32.0 Å². The van der Waals surface area contributed by atoms with Gasteiger partial charge < -0.3 is 24.1 Å². The van der Waals surface area contributed by atoms with Crippen molar-refractivity contribution >= 4 is 29.4 Å². The normalized spacial score (nSPS) is 11.1. The van der Waals surface area contributed by atoms with Gasteiger partial charge in [0, 0.05) is 53.0 Å². The first-order valence-corrected chi connectivity index (χ1v) is 15.3. The van der Waals surface area contributed by atoms with Crippen molar-refractivity contribution < 1.29 is 19.0 Å². The Morgan fingerprint density at radius 3 is 2.48 bits per heavy atom. The lowest BCUT2D eigenvalue weighted by Gasteiger charge is -2.10. The van der Waals surface area contributed by atoms with Crippen molar-refractivity contribution in [3.05, 3.63) is 96.6 Å². The van der Waals surface area contributed by atoms with Gasteiger partial charge in [0.1, 0.15) is 18.1 Å². The third-order valence-corrected chi connectivity index (χ3v) is 7.49. The summed E-state index contributed by atoms with van der Waals surface area (Å²) in [4.78, 5) is 18.1. The number of carbonyl (C=O) groups is 1. The van der Waals surface area contributed by atoms with Crippen LogP contribution in [0.25, 0.3) is 17.2 Å². The van der Waals surface area contributed by atoms with Gasteiger partial charge in [-0.3, -0.25) is 4.79 Å². The fourth-order valence-electron chi connectivity index (χ4n) is 4.30. The molecule has 0 unspecified atom stereocenters. The number of rotatable bonds is 16. The van der Waals surface area contributed by atoms with E-state index < -0.39 is 0 Å². The van der Waals surface area contributed by atoms with Crippen molar-refractivity contribution in [2.75, 3.05) is 32.2 Å². The maximum atomic E-state index is 12.7. The lowest BCUT2D eigenvalue weighted by molar-refractivity contribution is -0.111. The maximum Gasteiger partial charge on any atom is 0.248 e. The highest BCUT2D eigenvalue weighted by molar-refractivity contribution is 7.98. The molecule has 220 valence electrons. The van der Waals surface area contributed by atoms with E-state index in [9.17, 15) is 4.79 Å². The van der Waals surface area contributed by atoms with Crippen LogP contribution >= 0.6 is 11.8 Å². The molecule has 1 aromatic heterocycles. The highest BCUT2D eigenvalue weighted by Crippen LogP contribution is 2.29. The summed E-state index contributed by atoms with van der Waals surface area (Å²) >= 11 is 1.75. The molecule has 1 heterocycles. The molecule has 0 fully saturated rings. The first kappa shape index (κ1) is 30.9. The summed E-state index contributed by atoms with van der Waals surface area (Å²) in [6, 6.07) is 21.8. The Labute approximate surface area is 252 Å². The number of thioether (sulfide) groups is 1. The minimum absolute atomic E-state index is 0.212. The molecule has 0 aliphatic heterocycles. The number of nitrogens with one attached hydrogen (secondary N) is 1. The molecule has 4 rings (SSSR count). The first-order chi connectivity index (χ1) is 20.6. The fourth-order valence-corrected chi connectivity index (χ4v) is 5.19. The molecule has 42 heavy (non-hydrogen) atoms. The minimum atomic E-state index is -0.212. The largest absolute Gasteiger partial charge is 0.496 e. The van der Waals surface area contributed by atoms with Gasteiger partial charge in [-0.2, -0.15) is 0 Å². The zero-order valence-electron chi connectivity index (χ0n) is 24.5. The fraction of sp³-hybridized carbons (Fsp3) is 0.294. The number of aryl methyl sites for hydroxylation is 1. The molecule has 0 saturated heterocycles. The maximum absolute atomic E-state index is 12.7. The highest BCUT2D eigenvalue weighted by atomic mass is 32.2. The van der Waals surface area contributed by atoms with Crippen molar-refractivity contribution in [1.29, 1.82) is 0 Å². The number of amides is 1. The number of benzene rings is 3. The summed E-state index contributed by atoms with van der Waals surface area (Å²) < 4.78 is 19.0. The van der Waals surface area contributed by atoms with Crippen LogP contribution in [0.1, 0.15) is 37.9 Å². The second-order valence-corrected chi connectivity index (χ2v) is 10.7. The first-order valence-electron chi connectivity index (χ1n) is 14.3. The summed E-state index contributed by atoms with van der Waals surface area (Å²) in [7, 11) is 1.62. The van der Waals surface area contributed by atoms with Gasteiger partial charge in [-0.05, 0) is 78.6 Å². The van der Waals surface area contributed by atoms with Crippen LogP contribution in [0, 0.1) is 0 Å². The Balaban J connectivity index is 1.33. The predicted molar refractivity (Wildman–Crippen MR) is 171 cm³/mol. The SMILES string of the molecule is CCCOCCOc1ccc(-c2ccc(OC)c(/C=C/C(=O)Nc3ccc(SCc4cncn4CCC)cc3)c2)cc1. The third-order valence-electron chi connectivity index (χ3n) is 6.45. The second-order valence-electron chi connectivity index (χ2n) is 9.66. The molecule has 0 atom stereocenters. The van der Waals surface area contributed by atoms with Gasteiger partial charge in [0.05, 0.1) is 20.0 Å². The van der Waals surface area contributed by atoms with Crippen molar-refractivity contribution in [3.63, 3.8) is 0 Å². The average molecular weight is 586 g/mol. The van der Waals surface area contributed by atoms with Crippen LogP contribution < -0.4 is 14.8 Å². The quantitative estimate of drug-likeness (QED) is 0.0824. The molecule has 0 aliphatic rings. The van der Waals surface area contributed by atoms with Gasteiger partial charge in [-0.15, -0.1) is 11.8 Å². The summed E-state index contributed by atoms with van der Waals surface area (Å²) in [6.07, 6.45) is 9.18. The number of methoxy groups -OCH3 is 1. The van der Waals surface area contributed by atoms with Gasteiger partial charge >= 0.3 is 0 Å². The Bertz CT molecular complexity index is 1430. The zero-order chi connectivity index (χ0) is 29.6. The monoisotopic (exact) mass is 585 g/mol. The molecule has 3 aromatic carbocycles. The molecule has 8 heteroatoms. The van der Waals surface area contributed by atoms with E-state index in [0.717, 1.165) is 64.8 Å². The number of hydrogen-bond acceptors (Lipinski definition) is 6. The standard InChI is InChI=1S/C34H39N3O4S/c1-4-18-37-25-35-23-30(37)24-42-32-14-10-29(11-15-32)36-34(38)17-9-28-22-27(8-16-33(28)39-3)26-6-12-31(13-7-26)41-21-20-40-19-5-2/h6-17,22-23,25H,4-5,18-21,24H2,1-3H3,(H,36,38)/b17-9+. The lowest BCUT2D eigenvalue weighted by Crippen LogP contribution is -2.07. The van der Waals surface area contributed by atoms with Gasteiger partial charge in [0.15, 0.2) is 0 Å². The second kappa shape index (κ2) is 16.4. The lowest BCUT2D eigenvalue weighted by atomic mass is 10.0. The van der Waals surface area contributed by atoms with Crippen molar-refractivity contribution in [2.24, 2.45) is 0 Å². The smallest absolute Gasteiger partial charge is 0.248 e. The van der Waals surface area contributed by atoms with E-state index in [1.807, 2.05) is 79.3 Å². The Hall–Kier alpha value is -4.01. The molecular weight excluding hydrogens is 546 g/mol. The average Bonchev–Trinajstić information content (AvgIpc) is 3.47. The van der Waals surface area contributed by atoms with E-state index in [2.05, 4.69) is 28.7 Å². The number of aromatic nitrogens is 2. The van der Waals surface area contributed by atoms with E-state index >= 15 is 0 Å². The van der Waals surface area contributed by atoms with E-state index in [1.54, 1.807) is 24.9 Å². The van der Waals surface area contributed by atoms with E-state index in [4.69, 9.17) is 14.2 Å². The Morgan fingerprint density at radius 1 is 0.952 bits per heavy atom. The number of ether oxygens (including phenoxy) is 3. The molecule has 1 amide bonds. The van der Waals surface area contributed by atoms with Gasteiger partial charge in [0.2, 0.25) is 5.91 Å². The number of imidazole rings is 1. The topological polar surface area (TPSA) is 74.6 Å². The summed E-state index contributed by atoms with van der Waals surface area (Å²) in [5.74, 6) is 2.13. The predicted octanol–water partition coefficient (Wildman–Crippen LogP) is 7.72. The van der Waals surface area contributed by atoms with Crippen LogP contribution in [-0.4, -0.2) is 42.4 Å². The van der Waals surface area contributed by atoms with Crippen LogP contribution in [0.2, 0.25) is 0 Å². The van der Waals surface area contributed by atoms with E-state index in [1.165, 1.54) is 11.8 Å². The van der Waals surface area contributed by atoms with Crippen molar-refractivity contribution in [3.8, 4) is 22.6 Å². The molecule has 4 aromatic rings. The summed E-state index contributed by atoms with van der Waals surface area (Å²) in [6.45, 7) is 7.07. The third kappa shape index (κ3) is 9.26. The minimum Gasteiger partial charge on any atom is -0.496 e. The molecule has 0 radical (unpaired) electrons. The number of hydrogen-bond donors (Lipinski definition) is 1. The van der Waals surface area contributed by atoms with Crippen LogP contribution in [0.5, 0.6) is 11.5 Å². The number of nitrogens with zero attached hydrogens (tertiary/aromatic N) is 2. The molecule has 0 spiro atoms. The molecule has 7 nitrogen and oxygen atoms in total. The summed E-state index contributed by atoms with van der Waals surface area (Å²) in [5.41, 5.74) is 4.81. The van der Waals surface area contributed by atoms with E-state index in [0.29, 0.717) is 19.0 Å². The van der Waals surface area contributed by atoms with Gasteiger partial charge in [0.25, 0.3) is 0 Å². The molecule has 0 bridgehead atoms. The number of carbonyl (C=O) groups excluding carboxylic acids is 1. The van der Waals surface area contributed by atoms with E-state index in [-0.39, 0.29) is 5.91 Å². The highest BCUT2D eigenvalue weighted by Gasteiger charge is 2.07. The zero-order valence-corrected chi connectivity index (χ0v) is 25.4. The molecule has 0 saturated carbocycles. The van der Waals surface area contributed by atoms with Crippen LogP contribution in [0.15, 0.2) is 90.2 Å². The number of anilines is 1. The molecule has 0 aliphatic carbocycles. The van der Waals surface area contributed by atoms with Crippen LogP contribution in [-0.2, 0) is 21.8 Å². The van der Waals surface area contributed by atoms with Crippen molar-refractivity contribution in [2.45, 2.75) is 43.9 Å². The van der Waals surface area contributed by atoms with Crippen LogP contribution in [0.3, 0.4) is 0 Å². The van der Waals surface area contributed by atoms with Crippen LogP contribution in [0.4, 0.5) is 5.69 Å². The summed E-state index contributed by atoms with van der Waals surface area (Å²) in [5, 5.41) is 2.94. The van der Waals surface area contributed by atoms with Crippen molar-refractivity contribution in [1.82, 2.24) is 9.55 Å². The Morgan fingerprint density at radius 2 is 1.74 bits per heavy atom. The Kier molecular flexibility index (Phi) is 12.1. The molecular formula is C34H39N3O4S. The van der Waals surface area contributed by atoms with Gasteiger partial charge in [-0.25, -0.2) is 4.98 Å².